The van der Waals surface area contributed by atoms with Crippen LogP contribution in [0.5, 0.6) is 5.75 Å². The topological polar surface area (TPSA) is 72.6 Å². The second-order valence-electron chi connectivity index (χ2n) is 4.86. The first-order valence-electron chi connectivity index (χ1n) is 6.65. The van der Waals surface area contributed by atoms with E-state index in [1.54, 1.807) is 18.2 Å². The minimum Gasteiger partial charge on any atom is -0.482 e. The number of carbonyl (C=O) groups excluding carboxylic acids is 2. The molecular formula is C14H16BrClN2O3. The molecule has 5 nitrogen and oxygen atoms in total. The van der Waals surface area contributed by atoms with Gasteiger partial charge in [-0.2, -0.15) is 0 Å². The van der Waals surface area contributed by atoms with Gasteiger partial charge in [0.2, 0.25) is 5.91 Å². The largest absolute Gasteiger partial charge is 0.482 e. The Labute approximate surface area is 136 Å². The van der Waals surface area contributed by atoms with Gasteiger partial charge in [-0.1, -0.05) is 27.5 Å². The molecule has 0 unspecified atom stereocenters. The molecule has 2 rings (SSSR count). The molecule has 0 aromatic heterocycles. The maximum Gasteiger partial charge on any atom is 0.261 e. The molecule has 2 N–H and O–H groups in total. The van der Waals surface area contributed by atoms with E-state index in [1.165, 1.54) is 4.90 Å². The number of primary amides is 1. The quantitative estimate of drug-likeness (QED) is 0.878. The molecule has 114 valence electrons. The lowest BCUT2D eigenvalue weighted by atomic mass is 10.0. The van der Waals surface area contributed by atoms with Gasteiger partial charge in [-0.3, -0.25) is 9.59 Å². The average Bonchev–Trinajstić information content (AvgIpc) is 2.46. The number of piperidine rings is 1. The standard InChI is InChI=1S/C14H16BrClN2O3/c15-9-4-5-12(10(16)7-9)21-8-13(19)18-6-2-1-3-11(18)14(17)20/h4-5,7,11H,1-3,6,8H2,(H2,17,20)/t11-/m0/s1. The normalized spacial score (nSPS) is 18.4. The number of carbonyl (C=O) groups is 2. The maximum absolute atomic E-state index is 12.2. The van der Waals surface area contributed by atoms with E-state index in [0.717, 1.165) is 17.3 Å². The Kier molecular flexibility index (Phi) is 5.47. The molecule has 7 heteroatoms. The van der Waals surface area contributed by atoms with Gasteiger partial charge in [0.25, 0.3) is 5.91 Å². The van der Waals surface area contributed by atoms with Crippen molar-refractivity contribution in [1.29, 1.82) is 0 Å². The third-order valence-electron chi connectivity index (χ3n) is 3.40. The van der Waals surface area contributed by atoms with E-state index in [4.69, 9.17) is 22.1 Å². The number of halogens is 2. The average molecular weight is 376 g/mol. The van der Waals surface area contributed by atoms with Gasteiger partial charge in [-0.15, -0.1) is 0 Å². The number of hydrogen-bond acceptors (Lipinski definition) is 3. The Morgan fingerprint density at radius 2 is 2.19 bits per heavy atom. The van der Waals surface area contributed by atoms with Crippen molar-refractivity contribution in [1.82, 2.24) is 4.90 Å². The molecule has 0 aliphatic carbocycles. The molecule has 1 atom stereocenters. The summed E-state index contributed by atoms with van der Waals surface area (Å²) in [6.07, 6.45) is 2.38. The Balaban J connectivity index is 1.98. The summed E-state index contributed by atoms with van der Waals surface area (Å²) < 4.78 is 6.27. The lowest BCUT2D eigenvalue weighted by molar-refractivity contribution is -0.142. The molecule has 1 heterocycles. The summed E-state index contributed by atoms with van der Waals surface area (Å²) in [5.74, 6) is -0.289. The van der Waals surface area contributed by atoms with Crippen molar-refractivity contribution < 1.29 is 14.3 Å². The first-order valence-corrected chi connectivity index (χ1v) is 7.83. The Hall–Kier alpha value is -1.27. The van der Waals surface area contributed by atoms with Crippen molar-refractivity contribution in [3.8, 4) is 5.75 Å². The fourth-order valence-electron chi connectivity index (χ4n) is 2.34. The van der Waals surface area contributed by atoms with E-state index in [9.17, 15) is 9.59 Å². The van der Waals surface area contributed by atoms with Gasteiger partial charge >= 0.3 is 0 Å². The van der Waals surface area contributed by atoms with Gasteiger partial charge in [-0.25, -0.2) is 0 Å². The number of nitrogens with two attached hydrogens (primary N) is 1. The van der Waals surface area contributed by atoms with Crippen molar-refractivity contribution in [2.75, 3.05) is 13.2 Å². The fourth-order valence-corrected chi connectivity index (χ4v) is 3.07. The van der Waals surface area contributed by atoms with Gasteiger partial charge in [0, 0.05) is 11.0 Å². The molecule has 21 heavy (non-hydrogen) atoms. The third kappa shape index (κ3) is 4.11. The van der Waals surface area contributed by atoms with Crippen molar-refractivity contribution >= 4 is 39.3 Å². The summed E-state index contributed by atoms with van der Waals surface area (Å²) in [6, 6.07) is 4.62. The van der Waals surface area contributed by atoms with Crippen LogP contribution in [0.2, 0.25) is 5.02 Å². The Morgan fingerprint density at radius 1 is 1.43 bits per heavy atom. The van der Waals surface area contributed by atoms with Gasteiger partial charge in [0.1, 0.15) is 11.8 Å². The van der Waals surface area contributed by atoms with E-state index in [0.29, 0.717) is 23.7 Å². The van der Waals surface area contributed by atoms with Crippen molar-refractivity contribution in [3.63, 3.8) is 0 Å². The SMILES string of the molecule is NC(=O)[C@@H]1CCCCN1C(=O)COc1ccc(Br)cc1Cl. The van der Waals surface area contributed by atoms with Gasteiger partial charge in [0.05, 0.1) is 5.02 Å². The van der Waals surface area contributed by atoms with E-state index in [2.05, 4.69) is 15.9 Å². The fraction of sp³-hybridized carbons (Fsp3) is 0.429. The highest BCUT2D eigenvalue weighted by molar-refractivity contribution is 9.10. The van der Waals surface area contributed by atoms with Gasteiger partial charge in [-0.05, 0) is 37.5 Å². The predicted molar refractivity (Wildman–Crippen MR) is 83.2 cm³/mol. The van der Waals surface area contributed by atoms with E-state index in [1.807, 2.05) is 0 Å². The molecule has 1 saturated heterocycles. The zero-order chi connectivity index (χ0) is 15.4. The molecule has 1 aliphatic rings. The number of benzene rings is 1. The van der Waals surface area contributed by atoms with E-state index < -0.39 is 11.9 Å². The highest BCUT2D eigenvalue weighted by Crippen LogP contribution is 2.28. The van der Waals surface area contributed by atoms with Crippen LogP contribution in [-0.4, -0.2) is 35.9 Å². The molecule has 1 fully saturated rings. The highest BCUT2D eigenvalue weighted by atomic mass is 79.9. The lowest BCUT2D eigenvalue weighted by Crippen LogP contribution is -2.51. The van der Waals surface area contributed by atoms with Crippen LogP contribution in [0.3, 0.4) is 0 Å². The number of hydrogen-bond donors (Lipinski definition) is 1. The van der Waals surface area contributed by atoms with Crippen LogP contribution in [0.25, 0.3) is 0 Å². The van der Waals surface area contributed by atoms with Crippen LogP contribution >= 0.6 is 27.5 Å². The van der Waals surface area contributed by atoms with Crippen LogP contribution in [0.15, 0.2) is 22.7 Å². The molecule has 2 amide bonds. The van der Waals surface area contributed by atoms with Gasteiger partial charge < -0.3 is 15.4 Å². The van der Waals surface area contributed by atoms with Crippen LogP contribution in [-0.2, 0) is 9.59 Å². The third-order valence-corrected chi connectivity index (χ3v) is 4.19. The monoisotopic (exact) mass is 374 g/mol. The smallest absolute Gasteiger partial charge is 0.261 e. The molecule has 0 saturated carbocycles. The van der Waals surface area contributed by atoms with Gasteiger partial charge in [0.15, 0.2) is 6.61 Å². The first-order chi connectivity index (χ1) is 9.99. The van der Waals surface area contributed by atoms with Crippen molar-refractivity contribution in [2.24, 2.45) is 5.73 Å². The highest BCUT2D eigenvalue weighted by Gasteiger charge is 2.30. The number of ether oxygens (including phenoxy) is 1. The second kappa shape index (κ2) is 7.13. The van der Waals surface area contributed by atoms with Crippen LogP contribution in [0, 0.1) is 0 Å². The summed E-state index contributed by atoms with van der Waals surface area (Å²) in [7, 11) is 0. The molecule has 1 aliphatic heterocycles. The summed E-state index contributed by atoms with van der Waals surface area (Å²) in [6.45, 7) is 0.370. The van der Waals surface area contributed by atoms with E-state index >= 15 is 0 Å². The zero-order valence-electron chi connectivity index (χ0n) is 11.4. The van der Waals surface area contributed by atoms with Crippen LogP contribution in [0.1, 0.15) is 19.3 Å². The lowest BCUT2D eigenvalue weighted by Gasteiger charge is -2.33. The number of amides is 2. The van der Waals surface area contributed by atoms with Crippen LogP contribution < -0.4 is 10.5 Å². The number of rotatable bonds is 4. The Bertz CT molecular complexity index is 553. The minimum atomic E-state index is -0.532. The summed E-state index contributed by atoms with van der Waals surface area (Å²) in [5, 5.41) is 0.419. The summed E-state index contributed by atoms with van der Waals surface area (Å²) in [4.78, 5) is 25.1. The number of nitrogens with zero attached hydrogens (tertiary/aromatic N) is 1. The second-order valence-corrected chi connectivity index (χ2v) is 6.19. The molecule has 1 aromatic carbocycles. The Morgan fingerprint density at radius 3 is 2.86 bits per heavy atom. The molecular weight excluding hydrogens is 360 g/mol. The van der Waals surface area contributed by atoms with Crippen molar-refractivity contribution in [2.45, 2.75) is 25.3 Å². The maximum atomic E-state index is 12.2. The first kappa shape index (κ1) is 16.1. The summed E-state index contributed by atoms with van der Waals surface area (Å²) in [5.41, 5.74) is 5.34. The predicted octanol–water partition coefficient (Wildman–Crippen LogP) is 2.35. The molecule has 0 spiro atoms. The molecule has 1 aromatic rings. The van der Waals surface area contributed by atoms with Crippen molar-refractivity contribution in [3.05, 3.63) is 27.7 Å². The minimum absolute atomic E-state index is 0.162. The molecule has 0 bridgehead atoms. The molecule has 0 radical (unpaired) electrons. The number of likely N-dealkylation sites (tertiary alicyclic amines) is 1. The zero-order valence-corrected chi connectivity index (χ0v) is 13.7. The summed E-state index contributed by atoms with van der Waals surface area (Å²) >= 11 is 9.32. The van der Waals surface area contributed by atoms with Crippen LogP contribution in [0.4, 0.5) is 0 Å². The van der Waals surface area contributed by atoms with E-state index in [-0.39, 0.29) is 12.5 Å².